The van der Waals surface area contributed by atoms with Crippen molar-refractivity contribution in [1.29, 1.82) is 0 Å². The summed E-state index contributed by atoms with van der Waals surface area (Å²) in [6.45, 7) is 5.75. The Morgan fingerprint density at radius 1 is 1.11 bits per heavy atom. The van der Waals surface area contributed by atoms with Crippen LogP contribution in [0.3, 0.4) is 0 Å². The number of allylic oxidation sites excluding steroid dienone is 2. The van der Waals surface area contributed by atoms with Crippen molar-refractivity contribution < 1.29 is 27.5 Å². The number of halogens is 3. The minimum Gasteiger partial charge on any atom is -0.407 e. The number of primary amides is 1. The Balaban J connectivity index is 1.70. The number of hydrogen-bond donors (Lipinski definition) is 2. The Morgan fingerprint density at radius 2 is 1.78 bits per heavy atom. The molecule has 1 fully saturated rings. The highest BCUT2D eigenvalue weighted by Gasteiger charge is 2.49. The summed E-state index contributed by atoms with van der Waals surface area (Å²) in [6.07, 6.45) is -3.26. The van der Waals surface area contributed by atoms with Gasteiger partial charge in [-0.2, -0.15) is 0 Å². The minimum absolute atomic E-state index is 0.0165. The van der Waals surface area contributed by atoms with Gasteiger partial charge < -0.3 is 20.7 Å². The molecule has 2 heterocycles. The van der Waals surface area contributed by atoms with Crippen LogP contribution < -0.4 is 11.1 Å². The van der Waals surface area contributed by atoms with Gasteiger partial charge in [-0.15, -0.1) is 23.4 Å². The van der Waals surface area contributed by atoms with Gasteiger partial charge >= 0.3 is 6.36 Å². The van der Waals surface area contributed by atoms with Crippen LogP contribution in [0.15, 0.2) is 53.8 Å². The molecule has 3 N–H and O–H groups in total. The van der Waals surface area contributed by atoms with Gasteiger partial charge in [-0.05, 0) is 12.6 Å². The highest BCUT2D eigenvalue weighted by molar-refractivity contribution is 7.14. The molecule has 1 saturated heterocycles. The molecule has 2 aliphatic rings. The van der Waals surface area contributed by atoms with E-state index in [4.69, 9.17) is 5.73 Å². The SMILES string of the molecule is CCN1CCN(CC(=O)NC2(c3nnc(-c4ccccc4)s3)CC(C(N)=O)=CC=C2OC(F)(F)F)CC1. The molecular weight excluding hydrogens is 509 g/mol. The van der Waals surface area contributed by atoms with Crippen molar-refractivity contribution in [2.24, 2.45) is 5.73 Å². The second-order valence-corrected chi connectivity index (χ2v) is 9.73. The lowest BCUT2D eigenvalue weighted by atomic mass is 9.84. The summed E-state index contributed by atoms with van der Waals surface area (Å²) in [6, 6.07) is 8.96. The first-order valence-corrected chi connectivity index (χ1v) is 12.5. The van der Waals surface area contributed by atoms with Crippen LogP contribution in [0.1, 0.15) is 18.4 Å². The first kappa shape index (κ1) is 26.8. The predicted molar refractivity (Wildman–Crippen MR) is 131 cm³/mol. The molecule has 1 aromatic carbocycles. The van der Waals surface area contributed by atoms with Crippen LogP contribution in [0.2, 0.25) is 0 Å². The van der Waals surface area contributed by atoms with E-state index in [1.807, 2.05) is 11.0 Å². The fraction of sp³-hybridized carbons (Fsp3) is 0.417. The van der Waals surface area contributed by atoms with E-state index in [9.17, 15) is 22.8 Å². The maximum absolute atomic E-state index is 13.5. The van der Waals surface area contributed by atoms with Gasteiger partial charge in [-0.1, -0.05) is 54.7 Å². The third kappa shape index (κ3) is 6.35. The van der Waals surface area contributed by atoms with Gasteiger partial charge in [0.2, 0.25) is 11.8 Å². The largest absolute Gasteiger partial charge is 0.572 e. The second kappa shape index (κ2) is 11.0. The monoisotopic (exact) mass is 536 g/mol. The molecule has 1 aliphatic carbocycles. The lowest BCUT2D eigenvalue weighted by Gasteiger charge is -2.38. The molecule has 1 unspecified atom stereocenters. The predicted octanol–water partition coefficient (Wildman–Crippen LogP) is 2.39. The third-order valence-electron chi connectivity index (χ3n) is 6.30. The van der Waals surface area contributed by atoms with Crippen LogP contribution in [-0.4, -0.2) is 77.4 Å². The average Bonchev–Trinajstić information content (AvgIpc) is 3.36. The fourth-order valence-electron chi connectivity index (χ4n) is 4.34. The Hall–Kier alpha value is -3.29. The molecule has 1 aliphatic heterocycles. The van der Waals surface area contributed by atoms with E-state index in [1.165, 1.54) is 0 Å². The number of hydrogen-bond acceptors (Lipinski definition) is 8. The zero-order valence-corrected chi connectivity index (χ0v) is 20.9. The molecule has 1 aromatic heterocycles. The van der Waals surface area contributed by atoms with Crippen molar-refractivity contribution in [2.75, 3.05) is 39.3 Å². The first-order valence-electron chi connectivity index (χ1n) is 11.7. The Kier molecular flexibility index (Phi) is 7.95. The normalized spacial score (nSPS) is 21.2. The summed E-state index contributed by atoms with van der Waals surface area (Å²) in [5.74, 6) is -1.99. The number of benzene rings is 1. The highest BCUT2D eigenvalue weighted by atomic mass is 32.1. The van der Waals surface area contributed by atoms with Crippen LogP contribution in [0.25, 0.3) is 10.6 Å². The molecule has 0 spiro atoms. The van der Waals surface area contributed by atoms with Crippen LogP contribution in [-0.2, 0) is 19.9 Å². The Bertz CT molecular complexity index is 1190. The summed E-state index contributed by atoms with van der Waals surface area (Å²) < 4.78 is 44.8. The number of nitrogens with one attached hydrogen (secondary N) is 1. The number of nitrogens with two attached hydrogens (primary N) is 1. The highest BCUT2D eigenvalue weighted by Crippen LogP contribution is 2.44. The number of alkyl halides is 3. The van der Waals surface area contributed by atoms with E-state index in [0.29, 0.717) is 23.7 Å². The summed E-state index contributed by atoms with van der Waals surface area (Å²) in [5, 5.41) is 11.5. The molecule has 13 heteroatoms. The van der Waals surface area contributed by atoms with Crippen molar-refractivity contribution in [3.8, 4) is 10.6 Å². The van der Waals surface area contributed by atoms with Gasteiger partial charge in [0.15, 0.2) is 10.5 Å². The second-order valence-electron chi connectivity index (χ2n) is 8.75. The zero-order chi connectivity index (χ0) is 26.6. The summed E-state index contributed by atoms with van der Waals surface area (Å²) in [4.78, 5) is 29.5. The maximum atomic E-state index is 13.5. The lowest BCUT2D eigenvalue weighted by molar-refractivity contribution is -0.310. The van der Waals surface area contributed by atoms with Gasteiger partial charge in [-0.3, -0.25) is 14.5 Å². The number of aromatic nitrogens is 2. The molecule has 0 bridgehead atoms. The molecule has 4 rings (SSSR count). The maximum Gasteiger partial charge on any atom is 0.572 e. The lowest BCUT2D eigenvalue weighted by Crippen LogP contribution is -2.55. The molecule has 1 atom stereocenters. The van der Waals surface area contributed by atoms with E-state index < -0.39 is 29.5 Å². The summed E-state index contributed by atoms with van der Waals surface area (Å²) in [5.41, 5.74) is 4.27. The number of piperazine rings is 1. The topological polar surface area (TPSA) is 114 Å². The standard InChI is InChI=1S/C24H27F3N6O3S/c1-2-32-10-12-33(13-11-32)15-19(34)29-23(22-31-30-21(37-22)16-6-4-3-5-7-16)14-17(20(28)35)8-9-18(23)36-24(25,26)27/h3-9H,2,10-15H2,1H3,(H2,28,35)(H,29,34). The average molecular weight is 537 g/mol. The molecule has 0 saturated carbocycles. The molecule has 2 amide bonds. The van der Waals surface area contributed by atoms with Crippen LogP contribution in [0.4, 0.5) is 13.2 Å². The minimum atomic E-state index is -5.05. The number of amides is 2. The molecule has 0 radical (unpaired) electrons. The number of rotatable bonds is 8. The number of ether oxygens (including phenoxy) is 1. The van der Waals surface area contributed by atoms with Gasteiger partial charge in [0.25, 0.3) is 0 Å². The van der Waals surface area contributed by atoms with Gasteiger partial charge in [0.05, 0.1) is 6.54 Å². The number of carbonyl (C=O) groups excluding carboxylic acids is 2. The van der Waals surface area contributed by atoms with Gasteiger partial charge in [0, 0.05) is 43.7 Å². The van der Waals surface area contributed by atoms with Crippen molar-refractivity contribution in [2.45, 2.75) is 25.2 Å². The third-order valence-corrected chi connectivity index (χ3v) is 7.43. The smallest absolute Gasteiger partial charge is 0.407 e. The summed E-state index contributed by atoms with van der Waals surface area (Å²) >= 11 is 1.00. The quantitative estimate of drug-likeness (QED) is 0.533. The van der Waals surface area contributed by atoms with Crippen molar-refractivity contribution in [1.82, 2.24) is 25.3 Å². The van der Waals surface area contributed by atoms with E-state index in [-0.39, 0.29) is 23.5 Å². The first-order chi connectivity index (χ1) is 17.6. The number of carbonyl (C=O) groups is 2. The van der Waals surface area contributed by atoms with Crippen LogP contribution in [0.5, 0.6) is 0 Å². The summed E-state index contributed by atoms with van der Waals surface area (Å²) in [7, 11) is 0. The molecule has 37 heavy (non-hydrogen) atoms. The molecule has 198 valence electrons. The Labute approximate surface area is 215 Å². The molecule has 9 nitrogen and oxygen atoms in total. The van der Waals surface area contributed by atoms with Crippen LogP contribution >= 0.6 is 11.3 Å². The molecule has 2 aromatic rings. The van der Waals surface area contributed by atoms with E-state index >= 15 is 0 Å². The zero-order valence-electron chi connectivity index (χ0n) is 20.1. The van der Waals surface area contributed by atoms with Crippen molar-refractivity contribution in [3.63, 3.8) is 0 Å². The van der Waals surface area contributed by atoms with E-state index in [2.05, 4.69) is 32.1 Å². The van der Waals surface area contributed by atoms with Crippen molar-refractivity contribution >= 4 is 23.2 Å². The van der Waals surface area contributed by atoms with E-state index in [1.54, 1.807) is 24.3 Å². The fourth-order valence-corrected chi connectivity index (χ4v) is 5.34. The number of likely N-dealkylation sites (N-methyl/N-ethyl adjacent to an activating group) is 1. The number of nitrogens with zero attached hydrogens (tertiary/aromatic N) is 4. The molecular formula is C24H27F3N6O3S. The van der Waals surface area contributed by atoms with Crippen molar-refractivity contribution in [3.05, 3.63) is 58.8 Å². The van der Waals surface area contributed by atoms with E-state index in [0.717, 1.165) is 43.1 Å². The van der Waals surface area contributed by atoms with Gasteiger partial charge in [-0.25, -0.2) is 0 Å². The Morgan fingerprint density at radius 3 is 2.41 bits per heavy atom. The van der Waals surface area contributed by atoms with Gasteiger partial charge in [0.1, 0.15) is 10.8 Å². The van der Waals surface area contributed by atoms with Crippen LogP contribution in [0, 0.1) is 0 Å².